The lowest BCUT2D eigenvalue weighted by molar-refractivity contribution is -0.704. The van der Waals surface area contributed by atoms with Crippen molar-refractivity contribution in [2.75, 3.05) is 7.11 Å². The molecule has 0 aliphatic rings. The van der Waals surface area contributed by atoms with Crippen molar-refractivity contribution < 1.29 is 14.8 Å². The number of amides is 1. The minimum atomic E-state index is -0.219. The van der Waals surface area contributed by atoms with E-state index in [4.69, 9.17) is 4.74 Å². The smallest absolute Gasteiger partial charge is 0.278 e. The van der Waals surface area contributed by atoms with Crippen LogP contribution in [0.3, 0.4) is 0 Å². The highest BCUT2D eigenvalue weighted by Gasteiger charge is 2.24. The Morgan fingerprint density at radius 3 is 1.93 bits per heavy atom. The molecule has 28 heavy (non-hydrogen) atoms. The van der Waals surface area contributed by atoms with Crippen molar-refractivity contribution in [3.8, 4) is 5.75 Å². The molecule has 144 valence electrons. The van der Waals surface area contributed by atoms with Crippen LogP contribution in [0.25, 0.3) is 0 Å². The predicted molar refractivity (Wildman–Crippen MR) is 111 cm³/mol. The molecule has 0 fully saturated rings. The minimum Gasteiger partial charge on any atom is -0.497 e. The van der Waals surface area contributed by atoms with Crippen molar-refractivity contribution in [1.82, 2.24) is 5.32 Å². The largest absolute Gasteiger partial charge is 0.497 e. The summed E-state index contributed by atoms with van der Waals surface area (Å²) in [7, 11) is 1.64. The van der Waals surface area contributed by atoms with Crippen molar-refractivity contribution in [3.63, 3.8) is 0 Å². The summed E-state index contributed by atoms with van der Waals surface area (Å²) in [5.41, 5.74) is 3.41. The summed E-state index contributed by atoms with van der Waals surface area (Å²) in [4.78, 5) is 12.7. The standard InChI is InChI=1S/C24H26N2O2/c1-18(24(27)25-17-19-13-15-22(28-2)16-14-19)26-23(20-9-5-3-6-10-20)21-11-7-4-8-12-21/h3-16,18,23,26H,17H2,1-2H3,(H,25,27)/p+1/t18-/m1/s1. The van der Waals surface area contributed by atoms with Crippen LogP contribution in [-0.4, -0.2) is 19.1 Å². The number of nitrogens with two attached hydrogens (primary N) is 1. The van der Waals surface area contributed by atoms with Gasteiger partial charge in [-0.05, 0) is 24.6 Å². The maximum absolute atomic E-state index is 12.7. The number of quaternary nitrogens is 1. The number of carbonyl (C=O) groups is 1. The molecule has 4 nitrogen and oxygen atoms in total. The first kappa shape index (κ1) is 19.6. The van der Waals surface area contributed by atoms with Crippen molar-refractivity contribution in [3.05, 3.63) is 102 Å². The van der Waals surface area contributed by atoms with E-state index >= 15 is 0 Å². The quantitative estimate of drug-likeness (QED) is 0.636. The fourth-order valence-electron chi connectivity index (χ4n) is 3.21. The number of hydrogen-bond donors (Lipinski definition) is 2. The Morgan fingerprint density at radius 2 is 1.43 bits per heavy atom. The van der Waals surface area contributed by atoms with Gasteiger partial charge in [0.2, 0.25) is 0 Å². The maximum atomic E-state index is 12.7. The van der Waals surface area contributed by atoms with Crippen LogP contribution in [0.4, 0.5) is 0 Å². The second kappa shape index (κ2) is 9.72. The van der Waals surface area contributed by atoms with E-state index in [1.807, 2.05) is 67.6 Å². The first-order chi connectivity index (χ1) is 13.7. The van der Waals surface area contributed by atoms with Gasteiger partial charge in [0, 0.05) is 17.7 Å². The molecule has 0 saturated carbocycles. The van der Waals surface area contributed by atoms with Gasteiger partial charge in [-0.3, -0.25) is 4.79 Å². The zero-order valence-electron chi connectivity index (χ0n) is 16.3. The molecular formula is C24H27N2O2+. The summed E-state index contributed by atoms with van der Waals surface area (Å²) >= 11 is 0. The van der Waals surface area contributed by atoms with E-state index in [2.05, 4.69) is 34.9 Å². The van der Waals surface area contributed by atoms with Crippen molar-refractivity contribution in [1.29, 1.82) is 0 Å². The monoisotopic (exact) mass is 375 g/mol. The second-order valence-electron chi connectivity index (χ2n) is 6.85. The molecule has 1 amide bonds. The average Bonchev–Trinajstić information content (AvgIpc) is 2.77. The number of ether oxygens (including phenoxy) is 1. The first-order valence-electron chi connectivity index (χ1n) is 9.53. The van der Waals surface area contributed by atoms with Gasteiger partial charge in [-0.25, -0.2) is 0 Å². The van der Waals surface area contributed by atoms with Crippen LogP contribution in [0.2, 0.25) is 0 Å². The highest BCUT2D eigenvalue weighted by atomic mass is 16.5. The summed E-state index contributed by atoms with van der Waals surface area (Å²) < 4.78 is 5.17. The Hall–Kier alpha value is -3.11. The number of methoxy groups -OCH3 is 1. The van der Waals surface area contributed by atoms with E-state index in [9.17, 15) is 4.79 Å². The lowest BCUT2D eigenvalue weighted by Crippen LogP contribution is -2.92. The van der Waals surface area contributed by atoms with Gasteiger partial charge in [0.05, 0.1) is 7.11 Å². The summed E-state index contributed by atoms with van der Waals surface area (Å²) in [6.07, 6.45) is 0. The summed E-state index contributed by atoms with van der Waals surface area (Å²) in [6, 6.07) is 28.2. The third-order valence-electron chi connectivity index (χ3n) is 4.84. The number of carbonyl (C=O) groups excluding carboxylic acids is 1. The minimum absolute atomic E-state index is 0.0210. The lowest BCUT2D eigenvalue weighted by Gasteiger charge is -2.20. The molecule has 4 heteroatoms. The van der Waals surface area contributed by atoms with Gasteiger partial charge < -0.3 is 15.4 Å². The van der Waals surface area contributed by atoms with Gasteiger partial charge in [-0.2, -0.15) is 0 Å². The normalized spacial score (nSPS) is 11.8. The summed E-state index contributed by atoms with van der Waals surface area (Å²) in [5, 5.41) is 5.15. The van der Waals surface area contributed by atoms with Gasteiger partial charge in [-0.1, -0.05) is 72.8 Å². The number of nitrogens with one attached hydrogen (secondary N) is 1. The molecule has 0 aliphatic carbocycles. The molecule has 0 saturated heterocycles. The third-order valence-corrected chi connectivity index (χ3v) is 4.84. The molecule has 1 atom stereocenters. The molecular weight excluding hydrogens is 348 g/mol. The first-order valence-corrected chi connectivity index (χ1v) is 9.53. The highest BCUT2D eigenvalue weighted by Crippen LogP contribution is 2.18. The van der Waals surface area contributed by atoms with Gasteiger partial charge in [0.1, 0.15) is 11.8 Å². The molecule has 0 unspecified atom stereocenters. The van der Waals surface area contributed by atoms with Crippen LogP contribution < -0.4 is 15.4 Å². The van der Waals surface area contributed by atoms with Crippen molar-refractivity contribution in [2.24, 2.45) is 0 Å². The Kier molecular flexibility index (Phi) is 6.82. The highest BCUT2D eigenvalue weighted by molar-refractivity contribution is 5.79. The number of rotatable bonds is 8. The van der Waals surface area contributed by atoms with Gasteiger partial charge in [0.15, 0.2) is 6.04 Å². The Bertz CT molecular complexity index is 825. The predicted octanol–water partition coefficient (Wildman–Crippen LogP) is 3.05. The van der Waals surface area contributed by atoms with Crippen LogP contribution >= 0.6 is 0 Å². The third kappa shape index (κ3) is 5.21. The molecule has 3 aromatic carbocycles. The van der Waals surface area contributed by atoms with Crippen LogP contribution in [0.5, 0.6) is 5.75 Å². The molecule has 0 spiro atoms. The molecule has 0 heterocycles. The van der Waals surface area contributed by atoms with E-state index in [1.54, 1.807) is 7.11 Å². The SMILES string of the molecule is COc1ccc(CNC(=O)[C@@H](C)[NH2+]C(c2ccccc2)c2ccccc2)cc1. The molecule has 0 aliphatic heterocycles. The van der Waals surface area contributed by atoms with Gasteiger partial charge >= 0.3 is 0 Å². The van der Waals surface area contributed by atoms with E-state index in [-0.39, 0.29) is 18.0 Å². The topological polar surface area (TPSA) is 54.9 Å². The van der Waals surface area contributed by atoms with Crippen molar-refractivity contribution >= 4 is 5.91 Å². The average molecular weight is 375 g/mol. The Morgan fingerprint density at radius 1 is 0.893 bits per heavy atom. The second-order valence-corrected chi connectivity index (χ2v) is 6.85. The van der Waals surface area contributed by atoms with E-state index in [0.29, 0.717) is 6.54 Å². The molecule has 0 radical (unpaired) electrons. The molecule has 0 aromatic heterocycles. The summed E-state index contributed by atoms with van der Waals surface area (Å²) in [6.45, 7) is 2.45. The van der Waals surface area contributed by atoms with Crippen LogP contribution in [0, 0.1) is 0 Å². The molecule has 3 aromatic rings. The molecule has 3 N–H and O–H groups in total. The van der Waals surface area contributed by atoms with E-state index in [0.717, 1.165) is 11.3 Å². The maximum Gasteiger partial charge on any atom is 0.278 e. The summed E-state index contributed by atoms with van der Waals surface area (Å²) in [5.74, 6) is 0.832. The van der Waals surface area contributed by atoms with Crippen LogP contribution in [-0.2, 0) is 11.3 Å². The van der Waals surface area contributed by atoms with E-state index < -0.39 is 0 Å². The van der Waals surface area contributed by atoms with Gasteiger partial charge in [-0.15, -0.1) is 0 Å². The number of benzene rings is 3. The number of hydrogen-bond acceptors (Lipinski definition) is 2. The fourth-order valence-corrected chi connectivity index (χ4v) is 3.21. The zero-order valence-corrected chi connectivity index (χ0v) is 16.3. The van der Waals surface area contributed by atoms with Crippen LogP contribution in [0.15, 0.2) is 84.9 Å². The molecule has 0 bridgehead atoms. The van der Waals surface area contributed by atoms with E-state index in [1.165, 1.54) is 11.1 Å². The fraction of sp³-hybridized carbons (Fsp3) is 0.208. The van der Waals surface area contributed by atoms with Crippen LogP contribution in [0.1, 0.15) is 29.7 Å². The zero-order chi connectivity index (χ0) is 19.8. The Labute approximate surface area is 166 Å². The Balaban J connectivity index is 1.65. The van der Waals surface area contributed by atoms with Gasteiger partial charge in [0.25, 0.3) is 5.91 Å². The lowest BCUT2D eigenvalue weighted by atomic mass is 9.98. The molecule has 3 rings (SSSR count). The van der Waals surface area contributed by atoms with Crippen molar-refractivity contribution in [2.45, 2.75) is 25.6 Å².